The summed E-state index contributed by atoms with van der Waals surface area (Å²) < 4.78 is 39.7. The first-order valence-electron chi connectivity index (χ1n) is 3.97. The van der Waals surface area contributed by atoms with Crippen LogP contribution in [0.15, 0.2) is 6.20 Å². The van der Waals surface area contributed by atoms with E-state index in [9.17, 15) is 23.3 Å². The molecule has 0 fully saturated rings. The molecule has 0 saturated carbocycles. The predicted molar refractivity (Wildman–Crippen MR) is 45.0 cm³/mol. The second-order valence-electron chi connectivity index (χ2n) is 2.77. The molecule has 0 unspecified atom stereocenters. The van der Waals surface area contributed by atoms with Crippen LogP contribution in [0.2, 0.25) is 0 Å². The molecule has 0 aliphatic carbocycles. The Hall–Kier alpha value is -1.93. The van der Waals surface area contributed by atoms with E-state index in [-0.39, 0.29) is 5.82 Å². The predicted octanol–water partition coefficient (Wildman–Crippen LogP) is 1.63. The van der Waals surface area contributed by atoms with Crippen molar-refractivity contribution in [3.63, 3.8) is 0 Å². The summed E-state index contributed by atoms with van der Waals surface area (Å²) in [4.78, 5) is 16.4. The van der Waals surface area contributed by atoms with E-state index in [0.717, 1.165) is 6.20 Å². The molecule has 0 amide bonds. The lowest BCUT2D eigenvalue weighted by molar-refractivity contribution is -0.386. The largest absolute Gasteiger partial charge is 0.463 e. The highest BCUT2D eigenvalue weighted by Crippen LogP contribution is 2.25. The highest BCUT2D eigenvalue weighted by atomic mass is 19.4. The van der Waals surface area contributed by atoms with Crippen molar-refractivity contribution in [1.29, 1.82) is 0 Å². The SMILES string of the molecule is Cc1ncc([N+](=O)[O-])c(OCC(F)(F)F)n1. The van der Waals surface area contributed by atoms with Gasteiger partial charge in [-0.3, -0.25) is 10.1 Å². The van der Waals surface area contributed by atoms with Crippen LogP contribution in [0.5, 0.6) is 5.88 Å². The monoisotopic (exact) mass is 237 g/mol. The summed E-state index contributed by atoms with van der Waals surface area (Å²) in [6, 6.07) is 0. The Morgan fingerprint density at radius 2 is 2.19 bits per heavy atom. The van der Waals surface area contributed by atoms with Crippen molar-refractivity contribution in [2.75, 3.05) is 6.61 Å². The molecule has 0 N–H and O–H groups in total. The number of hydrogen-bond donors (Lipinski definition) is 0. The van der Waals surface area contributed by atoms with Crippen molar-refractivity contribution in [2.24, 2.45) is 0 Å². The lowest BCUT2D eigenvalue weighted by Crippen LogP contribution is -2.20. The van der Waals surface area contributed by atoms with Crippen LogP contribution in [0.25, 0.3) is 0 Å². The fraction of sp³-hybridized carbons (Fsp3) is 0.429. The highest BCUT2D eigenvalue weighted by molar-refractivity contribution is 5.38. The molecular formula is C7H6F3N3O3. The number of nitro groups is 1. The molecule has 6 nitrogen and oxygen atoms in total. The van der Waals surface area contributed by atoms with Crippen molar-refractivity contribution in [3.8, 4) is 5.88 Å². The summed E-state index contributed by atoms with van der Waals surface area (Å²) in [5.41, 5.74) is -0.699. The van der Waals surface area contributed by atoms with E-state index in [1.807, 2.05) is 0 Å². The molecule has 0 aromatic carbocycles. The zero-order chi connectivity index (χ0) is 12.3. The molecule has 0 aliphatic rings. The third-order valence-corrected chi connectivity index (χ3v) is 1.43. The second-order valence-corrected chi connectivity index (χ2v) is 2.77. The Kier molecular flexibility index (Phi) is 3.25. The first-order chi connectivity index (χ1) is 7.29. The minimum atomic E-state index is -4.58. The number of aryl methyl sites for hydroxylation is 1. The molecule has 9 heteroatoms. The van der Waals surface area contributed by atoms with E-state index < -0.39 is 29.3 Å². The van der Waals surface area contributed by atoms with Gasteiger partial charge in [0.25, 0.3) is 5.88 Å². The van der Waals surface area contributed by atoms with Crippen LogP contribution in [-0.2, 0) is 0 Å². The number of aromatic nitrogens is 2. The zero-order valence-corrected chi connectivity index (χ0v) is 7.98. The van der Waals surface area contributed by atoms with Gasteiger partial charge in [-0.1, -0.05) is 0 Å². The number of hydrogen-bond acceptors (Lipinski definition) is 5. The van der Waals surface area contributed by atoms with E-state index in [0.29, 0.717) is 0 Å². The number of rotatable bonds is 3. The Morgan fingerprint density at radius 1 is 1.56 bits per heavy atom. The fourth-order valence-electron chi connectivity index (χ4n) is 0.825. The van der Waals surface area contributed by atoms with Crippen LogP contribution in [0.3, 0.4) is 0 Å². The van der Waals surface area contributed by atoms with Gasteiger partial charge in [0.05, 0.1) is 4.92 Å². The lowest BCUT2D eigenvalue weighted by Gasteiger charge is -2.08. The summed E-state index contributed by atoms with van der Waals surface area (Å²) in [5, 5.41) is 10.4. The molecule has 0 spiro atoms. The minimum absolute atomic E-state index is 0.0859. The van der Waals surface area contributed by atoms with Crippen LogP contribution in [0.4, 0.5) is 18.9 Å². The number of nitrogens with zero attached hydrogens (tertiary/aromatic N) is 3. The molecule has 1 aromatic heterocycles. The highest BCUT2D eigenvalue weighted by Gasteiger charge is 2.30. The van der Waals surface area contributed by atoms with Crippen LogP contribution in [0.1, 0.15) is 5.82 Å². The maximum atomic E-state index is 11.8. The van der Waals surface area contributed by atoms with Crippen LogP contribution >= 0.6 is 0 Å². The Balaban J connectivity index is 2.93. The average Bonchev–Trinajstić information content (AvgIpc) is 2.13. The van der Waals surface area contributed by atoms with Crippen molar-refractivity contribution in [2.45, 2.75) is 13.1 Å². The summed E-state index contributed by atoms with van der Waals surface area (Å²) in [6.45, 7) is -0.255. The quantitative estimate of drug-likeness (QED) is 0.589. The maximum absolute atomic E-state index is 11.8. The molecule has 1 aromatic rings. The second kappa shape index (κ2) is 4.29. The Labute approximate surface area is 87.2 Å². The molecule has 0 atom stereocenters. The molecule has 0 radical (unpaired) electrons. The van der Waals surface area contributed by atoms with Gasteiger partial charge >= 0.3 is 11.9 Å². The molecule has 0 saturated heterocycles. The number of alkyl halides is 3. The van der Waals surface area contributed by atoms with E-state index in [1.165, 1.54) is 6.92 Å². The van der Waals surface area contributed by atoms with Gasteiger partial charge in [-0.05, 0) is 6.92 Å². The first kappa shape index (κ1) is 12.1. The van der Waals surface area contributed by atoms with Gasteiger partial charge in [0.15, 0.2) is 6.61 Å². The van der Waals surface area contributed by atoms with Gasteiger partial charge in [-0.25, -0.2) is 4.98 Å². The number of ether oxygens (including phenoxy) is 1. The van der Waals surface area contributed by atoms with Crippen LogP contribution in [-0.4, -0.2) is 27.7 Å². The van der Waals surface area contributed by atoms with Crippen molar-refractivity contribution >= 4 is 5.69 Å². The Morgan fingerprint density at radius 3 is 2.69 bits per heavy atom. The van der Waals surface area contributed by atoms with Gasteiger partial charge in [0.1, 0.15) is 12.0 Å². The topological polar surface area (TPSA) is 78.2 Å². The summed E-state index contributed by atoms with van der Waals surface area (Å²) >= 11 is 0. The molecule has 0 bridgehead atoms. The standard InChI is InChI=1S/C7H6F3N3O3/c1-4-11-2-5(13(14)15)6(12-4)16-3-7(8,9)10/h2H,3H2,1H3. The van der Waals surface area contributed by atoms with E-state index in [1.54, 1.807) is 0 Å². The normalized spacial score (nSPS) is 11.2. The van der Waals surface area contributed by atoms with Gasteiger partial charge in [0, 0.05) is 0 Å². The molecule has 1 rings (SSSR count). The van der Waals surface area contributed by atoms with Crippen LogP contribution in [0, 0.1) is 17.0 Å². The average molecular weight is 237 g/mol. The van der Waals surface area contributed by atoms with Crippen LogP contribution < -0.4 is 4.74 Å². The third kappa shape index (κ3) is 3.33. The van der Waals surface area contributed by atoms with Crippen molar-refractivity contribution in [3.05, 3.63) is 22.1 Å². The molecule has 88 valence electrons. The Bertz CT molecular complexity index is 408. The number of halogens is 3. The minimum Gasteiger partial charge on any atom is -0.463 e. The summed E-state index contributed by atoms with van der Waals surface area (Å²) in [5.74, 6) is -0.599. The van der Waals surface area contributed by atoms with Gasteiger partial charge in [-0.2, -0.15) is 18.2 Å². The summed E-state index contributed by atoms with van der Waals surface area (Å²) in [6.07, 6.45) is -3.78. The molecule has 16 heavy (non-hydrogen) atoms. The van der Waals surface area contributed by atoms with E-state index in [2.05, 4.69) is 14.7 Å². The lowest BCUT2D eigenvalue weighted by atomic mass is 10.5. The smallest absolute Gasteiger partial charge is 0.422 e. The van der Waals surface area contributed by atoms with Crippen molar-refractivity contribution in [1.82, 2.24) is 9.97 Å². The summed E-state index contributed by atoms with van der Waals surface area (Å²) in [7, 11) is 0. The van der Waals surface area contributed by atoms with Gasteiger partial charge in [-0.15, -0.1) is 0 Å². The van der Waals surface area contributed by atoms with Gasteiger partial charge in [0.2, 0.25) is 0 Å². The fourth-order valence-corrected chi connectivity index (χ4v) is 0.825. The van der Waals surface area contributed by atoms with Crippen molar-refractivity contribution < 1.29 is 22.8 Å². The first-order valence-corrected chi connectivity index (χ1v) is 3.97. The maximum Gasteiger partial charge on any atom is 0.422 e. The zero-order valence-electron chi connectivity index (χ0n) is 7.98. The van der Waals surface area contributed by atoms with E-state index in [4.69, 9.17) is 0 Å². The molecular weight excluding hydrogens is 231 g/mol. The molecule has 1 heterocycles. The third-order valence-electron chi connectivity index (χ3n) is 1.43. The van der Waals surface area contributed by atoms with Gasteiger partial charge < -0.3 is 4.74 Å². The van der Waals surface area contributed by atoms with E-state index >= 15 is 0 Å². The molecule has 0 aliphatic heterocycles.